The second-order valence-electron chi connectivity index (χ2n) is 3.83. The summed E-state index contributed by atoms with van der Waals surface area (Å²) in [7, 11) is 2.71. The van der Waals surface area contributed by atoms with Gasteiger partial charge in [-0.25, -0.2) is 18.3 Å². The van der Waals surface area contributed by atoms with Gasteiger partial charge in [-0.2, -0.15) is 4.98 Å². The minimum Gasteiger partial charge on any atom is -0.466 e. The highest BCUT2D eigenvalue weighted by Gasteiger charge is 2.16. The second kappa shape index (κ2) is 8.06. The van der Waals surface area contributed by atoms with Crippen molar-refractivity contribution in [3.05, 3.63) is 29.8 Å². The molecule has 6 nitrogen and oxygen atoms in total. The molecule has 0 saturated carbocycles. The Morgan fingerprint density at radius 2 is 2.00 bits per heavy atom. The third-order valence-electron chi connectivity index (χ3n) is 2.46. The van der Waals surface area contributed by atoms with Gasteiger partial charge in [0, 0.05) is 7.05 Å². The van der Waals surface area contributed by atoms with Gasteiger partial charge in [0.25, 0.3) is 0 Å². The molecule has 0 N–H and O–H groups in total. The minimum absolute atomic E-state index is 0.0482. The molecular weight excluding hydrogens is 296 g/mol. The monoisotopic (exact) mass is 313 g/mol. The number of hydrogen-bond donors (Lipinski definition) is 0. The molecule has 0 fully saturated rings. The summed E-state index contributed by atoms with van der Waals surface area (Å²) in [5.74, 6) is -1.75. The minimum atomic E-state index is -0.638. The lowest BCUT2D eigenvalue weighted by atomic mass is 10.2. The normalized spacial score (nSPS) is 9.73. The van der Waals surface area contributed by atoms with Gasteiger partial charge in [0.15, 0.2) is 12.4 Å². The molecule has 0 spiro atoms. The Morgan fingerprint density at radius 1 is 1.32 bits per heavy atom. The van der Waals surface area contributed by atoms with Gasteiger partial charge in [-0.05, 0) is 18.2 Å². The van der Waals surface area contributed by atoms with E-state index in [1.165, 1.54) is 18.8 Å². The summed E-state index contributed by atoms with van der Waals surface area (Å²) in [6.07, 6.45) is 0. The van der Waals surface area contributed by atoms with E-state index in [2.05, 4.69) is 14.8 Å². The van der Waals surface area contributed by atoms with Crippen molar-refractivity contribution in [1.82, 2.24) is 14.8 Å². The van der Waals surface area contributed by atoms with Crippen LogP contribution in [0.25, 0.3) is 11.4 Å². The standard InChI is InChI=1S/C12H11F2N3O3.C2H6/c1-17-11(8-5-7(13)3-4-9(8)14)15-12(16-17)20-6-10(18)19-2;1-2/h3-5H,6H2,1-2H3;1-2H3. The van der Waals surface area contributed by atoms with Gasteiger partial charge < -0.3 is 9.47 Å². The largest absolute Gasteiger partial charge is 0.466 e. The number of methoxy groups -OCH3 is 1. The Kier molecular flexibility index (Phi) is 6.43. The Balaban J connectivity index is 0.00000116. The zero-order chi connectivity index (χ0) is 16.7. The molecule has 0 amide bonds. The number of benzene rings is 1. The van der Waals surface area contributed by atoms with Gasteiger partial charge >= 0.3 is 12.0 Å². The molecule has 0 bridgehead atoms. The molecule has 0 atom stereocenters. The van der Waals surface area contributed by atoms with Crippen LogP contribution in [0.15, 0.2) is 18.2 Å². The van der Waals surface area contributed by atoms with Crippen LogP contribution in [0.2, 0.25) is 0 Å². The number of aromatic nitrogens is 3. The van der Waals surface area contributed by atoms with Crippen molar-refractivity contribution in [3.63, 3.8) is 0 Å². The molecule has 1 aromatic carbocycles. The summed E-state index contributed by atoms with van der Waals surface area (Å²) in [5, 5.41) is 3.85. The second-order valence-corrected chi connectivity index (χ2v) is 3.83. The predicted octanol–water partition coefficient (Wildman–Crippen LogP) is 2.34. The lowest BCUT2D eigenvalue weighted by Gasteiger charge is -2.01. The zero-order valence-electron chi connectivity index (χ0n) is 12.8. The Labute approximate surface area is 126 Å². The van der Waals surface area contributed by atoms with Crippen LogP contribution in [0.3, 0.4) is 0 Å². The molecule has 22 heavy (non-hydrogen) atoms. The van der Waals surface area contributed by atoms with E-state index in [1.807, 2.05) is 13.8 Å². The van der Waals surface area contributed by atoms with Gasteiger partial charge in [0.1, 0.15) is 11.6 Å². The maximum Gasteiger partial charge on any atom is 0.344 e. The molecule has 0 radical (unpaired) electrons. The van der Waals surface area contributed by atoms with Crippen LogP contribution in [-0.2, 0) is 16.6 Å². The van der Waals surface area contributed by atoms with Crippen molar-refractivity contribution >= 4 is 5.97 Å². The predicted molar refractivity (Wildman–Crippen MR) is 75.2 cm³/mol. The molecular formula is C14H17F2N3O3. The van der Waals surface area contributed by atoms with Gasteiger partial charge in [0.2, 0.25) is 0 Å². The van der Waals surface area contributed by atoms with Gasteiger partial charge in [0.05, 0.1) is 12.7 Å². The SMILES string of the molecule is CC.COC(=O)COc1nc(-c2cc(F)ccc2F)n(C)n1. The van der Waals surface area contributed by atoms with Gasteiger partial charge in [-0.1, -0.05) is 13.8 Å². The van der Waals surface area contributed by atoms with Gasteiger partial charge in [-0.3, -0.25) is 0 Å². The number of ether oxygens (including phenoxy) is 2. The molecule has 2 aromatic rings. The van der Waals surface area contributed by atoms with Crippen molar-refractivity contribution in [2.75, 3.05) is 13.7 Å². The van der Waals surface area contributed by atoms with Crippen LogP contribution in [0.1, 0.15) is 13.8 Å². The van der Waals surface area contributed by atoms with Crippen LogP contribution in [0.4, 0.5) is 8.78 Å². The highest BCUT2D eigenvalue weighted by molar-refractivity contribution is 5.70. The topological polar surface area (TPSA) is 66.2 Å². The van der Waals surface area contributed by atoms with E-state index >= 15 is 0 Å². The first-order valence-corrected chi connectivity index (χ1v) is 6.57. The number of nitrogens with zero attached hydrogens (tertiary/aromatic N) is 3. The number of esters is 1. The van der Waals surface area contributed by atoms with E-state index < -0.39 is 17.6 Å². The Morgan fingerprint density at radius 3 is 2.64 bits per heavy atom. The van der Waals surface area contributed by atoms with Crippen LogP contribution >= 0.6 is 0 Å². The van der Waals surface area contributed by atoms with Crippen LogP contribution in [0, 0.1) is 11.6 Å². The van der Waals surface area contributed by atoms with Crippen molar-refractivity contribution in [1.29, 1.82) is 0 Å². The quantitative estimate of drug-likeness (QED) is 0.811. The van der Waals surface area contributed by atoms with Crippen molar-refractivity contribution in [2.24, 2.45) is 7.05 Å². The maximum absolute atomic E-state index is 13.7. The molecule has 0 aliphatic rings. The van der Waals surface area contributed by atoms with E-state index in [0.29, 0.717) is 0 Å². The number of halogens is 2. The summed E-state index contributed by atoms with van der Waals surface area (Å²) >= 11 is 0. The molecule has 120 valence electrons. The molecule has 0 aliphatic carbocycles. The molecule has 0 aliphatic heterocycles. The highest BCUT2D eigenvalue weighted by Crippen LogP contribution is 2.23. The van der Waals surface area contributed by atoms with Crippen molar-refractivity contribution < 1.29 is 23.0 Å². The van der Waals surface area contributed by atoms with E-state index in [4.69, 9.17) is 4.74 Å². The first-order chi connectivity index (χ1) is 10.5. The Hall–Kier alpha value is -2.51. The molecule has 0 unspecified atom stereocenters. The average molecular weight is 313 g/mol. The third kappa shape index (κ3) is 4.24. The number of carbonyl (C=O) groups is 1. The fraction of sp³-hybridized carbons (Fsp3) is 0.357. The summed E-state index contributed by atoms with van der Waals surface area (Å²) < 4.78 is 37.4. The highest BCUT2D eigenvalue weighted by atomic mass is 19.1. The number of hydrogen-bond acceptors (Lipinski definition) is 5. The first kappa shape index (κ1) is 17.5. The first-order valence-electron chi connectivity index (χ1n) is 6.57. The van der Waals surface area contributed by atoms with Crippen molar-refractivity contribution in [2.45, 2.75) is 13.8 Å². The Bertz CT molecular complexity index is 644. The number of rotatable bonds is 4. The fourth-order valence-electron chi connectivity index (χ4n) is 1.51. The van der Waals surface area contributed by atoms with E-state index in [1.54, 1.807) is 0 Å². The van der Waals surface area contributed by atoms with E-state index in [-0.39, 0.29) is 24.0 Å². The molecule has 8 heteroatoms. The van der Waals surface area contributed by atoms with Crippen LogP contribution < -0.4 is 4.74 Å². The summed E-state index contributed by atoms with van der Waals surface area (Å²) in [6, 6.07) is 2.87. The average Bonchev–Trinajstić information content (AvgIpc) is 2.90. The molecule has 2 rings (SSSR count). The lowest BCUT2D eigenvalue weighted by molar-refractivity contribution is -0.143. The number of carbonyl (C=O) groups excluding carboxylic acids is 1. The molecule has 1 aromatic heterocycles. The summed E-state index contributed by atoms with van der Waals surface area (Å²) in [5.41, 5.74) is -0.0482. The van der Waals surface area contributed by atoms with Crippen LogP contribution in [-0.4, -0.2) is 34.5 Å². The van der Waals surface area contributed by atoms with E-state index in [9.17, 15) is 13.6 Å². The summed E-state index contributed by atoms with van der Waals surface area (Å²) in [6.45, 7) is 3.63. The van der Waals surface area contributed by atoms with Crippen LogP contribution in [0.5, 0.6) is 6.01 Å². The van der Waals surface area contributed by atoms with Gasteiger partial charge in [-0.15, -0.1) is 5.10 Å². The maximum atomic E-state index is 13.7. The molecule has 1 heterocycles. The zero-order valence-corrected chi connectivity index (χ0v) is 12.8. The summed E-state index contributed by atoms with van der Waals surface area (Å²) in [4.78, 5) is 14.8. The lowest BCUT2D eigenvalue weighted by Crippen LogP contribution is -2.13. The third-order valence-corrected chi connectivity index (χ3v) is 2.46. The van der Waals surface area contributed by atoms with E-state index in [0.717, 1.165) is 18.2 Å². The molecule has 0 saturated heterocycles. The number of aryl methyl sites for hydroxylation is 1. The van der Waals surface area contributed by atoms with Crippen molar-refractivity contribution in [3.8, 4) is 17.4 Å². The fourth-order valence-corrected chi connectivity index (χ4v) is 1.51. The smallest absolute Gasteiger partial charge is 0.344 e.